The van der Waals surface area contributed by atoms with Crippen molar-refractivity contribution >= 4 is 42.8 Å². The average molecular weight is 481 g/mol. The molecule has 0 aromatic heterocycles. The van der Waals surface area contributed by atoms with Crippen molar-refractivity contribution in [1.29, 1.82) is 0 Å². The van der Waals surface area contributed by atoms with Crippen LogP contribution in [0.3, 0.4) is 0 Å². The summed E-state index contributed by atoms with van der Waals surface area (Å²) in [6.07, 6.45) is -0.706. The third-order valence-corrected chi connectivity index (χ3v) is 8.39. The van der Waals surface area contributed by atoms with Gasteiger partial charge in [-0.25, -0.2) is 0 Å². The molecule has 0 bridgehead atoms. The fourth-order valence-electron chi connectivity index (χ4n) is 4.15. The van der Waals surface area contributed by atoms with E-state index in [-0.39, 0.29) is 6.10 Å². The molecule has 30 heavy (non-hydrogen) atoms. The zero-order chi connectivity index (χ0) is 20.7. The van der Waals surface area contributed by atoms with Crippen LogP contribution in [-0.2, 0) is 4.52 Å². The predicted octanol–water partition coefficient (Wildman–Crippen LogP) is 7.48. The summed E-state index contributed by atoms with van der Waals surface area (Å²) in [5.41, 5.74) is 2.12. The fraction of sp³-hybridized carbons (Fsp3) is 0.200. The molecule has 1 unspecified atom stereocenters. The second-order valence-electron chi connectivity index (χ2n) is 7.65. The van der Waals surface area contributed by atoms with Gasteiger partial charge >= 0.3 is 185 Å². The second-order valence-corrected chi connectivity index (χ2v) is 11.9. The molecule has 0 saturated carbocycles. The van der Waals surface area contributed by atoms with Gasteiger partial charge in [-0.15, -0.1) is 0 Å². The quantitative estimate of drug-likeness (QED) is 0.223. The van der Waals surface area contributed by atoms with Crippen LogP contribution in [0.2, 0.25) is 0 Å². The maximum absolute atomic E-state index is 6.51. The molecule has 4 aromatic carbocycles. The first kappa shape index (κ1) is 19.8. The first-order chi connectivity index (χ1) is 14.6. The van der Waals surface area contributed by atoms with Crippen molar-refractivity contribution in [2.24, 2.45) is 0 Å². The monoisotopic (exact) mass is 482 g/mol. The molecule has 5 heteroatoms. The zero-order valence-corrected chi connectivity index (χ0v) is 19.6. The Morgan fingerprint density at radius 1 is 0.800 bits per heavy atom. The molecule has 0 saturated heterocycles. The average Bonchev–Trinajstić information content (AvgIpc) is 2.87. The molecule has 5 rings (SSSR count). The van der Waals surface area contributed by atoms with E-state index in [2.05, 4.69) is 89.6 Å². The Kier molecular flexibility index (Phi) is 5.21. The van der Waals surface area contributed by atoms with E-state index in [0.29, 0.717) is 0 Å². The molecule has 1 aliphatic rings. The van der Waals surface area contributed by atoms with E-state index in [1.165, 1.54) is 10.8 Å². The van der Waals surface area contributed by atoms with Crippen molar-refractivity contribution < 1.29 is 13.6 Å². The van der Waals surface area contributed by atoms with Crippen LogP contribution in [0.4, 0.5) is 0 Å². The third kappa shape index (κ3) is 3.49. The Balaban J connectivity index is 1.81. The number of hydrogen-bond donors (Lipinski definition) is 0. The van der Waals surface area contributed by atoms with Crippen molar-refractivity contribution in [3.63, 3.8) is 0 Å². The van der Waals surface area contributed by atoms with Crippen LogP contribution in [0.1, 0.15) is 26.7 Å². The van der Waals surface area contributed by atoms with Crippen LogP contribution in [0.5, 0.6) is 11.5 Å². The van der Waals surface area contributed by atoms with E-state index < -0.39 is 6.19 Å². The summed E-state index contributed by atoms with van der Waals surface area (Å²) in [7, 11) is 0. The molecule has 0 amide bonds. The van der Waals surface area contributed by atoms with Crippen molar-refractivity contribution in [2.45, 2.75) is 32.8 Å². The van der Waals surface area contributed by atoms with Crippen LogP contribution < -0.4 is 9.05 Å². The van der Waals surface area contributed by atoms with Gasteiger partial charge in [0.25, 0.3) is 0 Å². The fourth-order valence-corrected chi connectivity index (χ4v) is 7.54. The minimum atomic E-state index is -2.74. The predicted molar refractivity (Wildman–Crippen MR) is 126 cm³/mol. The number of rotatable bonds is 4. The van der Waals surface area contributed by atoms with E-state index in [9.17, 15) is 0 Å². The molecule has 0 radical (unpaired) electrons. The second kappa shape index (κ2) is 7.87. The van der Waals surface area contributed by atoms with Crippen LogP contribution in [0.15, 0.2) is 72.8 Å². The minimum absolute atomic E-state index is 0.0375. The topological polar surface area (TPSA) is 27.7 Å². The van der Waals surface area contributed by atoms with Crippen LogP contribution in [-0.4, -0.2) is 21.2 Å². The molecule has 3 nitrogen and oxygen atoms in total. The number of benzene rings is 4. The standard InChI is InChI=1S/C25H23O3PSe/c1-3-8-17(2)26-29(30)27-22-15-13-18-9-4-6-11-20(18)24(22)25-21-12-7-5-10-19(21)14-16-23(25)28-29/h4-7,9-17H,3,8H2,1-2H3. The normalized spacial score (nSPS) is 15.5. The van der Waals surface area contributed by atoms with Gasteiger partial charge in [-0.3, -0.25) is 0 Å². The van der Waals surface area contributed by atoms with Crippen LogP contribution >= 0.6 is 6.19 Å². The van der Waals surface area contributed by atoms with Crippen LogP contribution in [0.25, 0.3) is 32.7 Å². The molecular formula is C25H23O3PSe. The van der Waals surface area contributed by atoms with Crippen molar-refractivity contribution in [3.05, 3.63) is 72.8 Å². The summed E-state index contributed by atoms with van der Waals surface area (Å²) >= 11 is 3.14. The summed E-state index contributed by atoms with van der Waals surface area (Å²) in [4.78, 5) is 0. The number of fused-ring (bicyclic) bond motifs is 7. The SMILES string of the molecule is CCCC(C)OP1(=[Se])Oc2ccc3ccccc3c2-c2c(ccc3ccccc23)O1. The Labute approximate surface area is 184 Å². The van der Waals surface area contributed by atoms with Crippen molar-refractivity contribution in [2.75, 3.05) is 0 Å². The van der Waals surface area contributed by atoms with E-state index in [4.69, 9.17) is 13.6 Å². The molecule has 1 heterocycles. The molecule has 0 N–H and O–H groups in total. The van der Waals surface area contributed by atoms with E-state index in [1.807, 2.05) is 12.1 Å². The first-order valence-corrected chi connectivity index (χ1v) is 14.1. The van der Waals surface area contributed by atoms with Gasteiger partial charge in [-0.05, 0) is 0 Å². The maximum atomic E-state index is 6.51. The van der Waals surface area contributed by atoms with Gasteiger partial charge in [0.05, 0.1) is 0 Å². The van der Waals surface area contributed by atoms with Crippen molar-refractivity contribution in [1.82, 2.24) is 0 Å². The summed E-state index contributed by atoms with van der Waals surface area (Å²) in [5.74, 6) is 1.58. The molecular weight excluding hydrogens is 458 g/mol. The van der Waals surface area contributed by atoms with Crippen molar-refractivity contribution in [3.8, 4) is 22.6 Å². The Bertz CT molecular complexity index is 1210. The van der Waals surface area contributed by atoms with Gasteiger partial charge in [0, 0.05) is 0 Å². The Hall–Kier alpha value is -2.09. The van der Waals surface area contributed by atoms with E-state index >= 15 is 0 Å². The zero-order valence-electron chi connectivity index (χ0n) is 17.0. The first-order valence-electron chi connectivity index (χ1n) is 10.3. The third-order valence-electron chi connectivity index (χ3n) is 5.46. The Morgan fingerprint density at radius 2 is 1.30 bits per heavy atom. The molecule has 4 aromatic rings. The van der Waals surface area contributed by atoms with Gasteiger partial charge in [0.15, 0.2) is 0 Å². The summed E-state index contributed by atoms with van der Waals surface area (Å²) in [5, 5.41) is 4.63. The number of hydrogen-bond acceptors (Lipinski definition) is 3. The molecule has 0 aliphatic carbocycles. The summed E-state index contributed by atoms with van der Waals surface area (Å²) in [6, 6.07) is 25.1. The molecule has 1 atom stereocenters. The Morgan fingerprint density at radius 3 is 1.80 bits per heavy atom. The van der Waals surface area contributed by atoms with Gasteiger partial charge in [-0.2, -0.15) is 0 Å². The van der Waals surface area contributed by atoms with Gasteiger partial charge in [0.2, 0.25) is 0 Å². The van der Waals surface area contributed by atoms with E-state index in [0.717, 1.165) is 46.2 Å². The molecule has 1 aliphatic heterocycles. The molecule has 152 valence electrons. The van der Waals surface area contributed by atoms with Gasteiger partial charge in [-0.1, -0.05) is 0 Å². The molecule has 0 spiro atoms. The molecule has 0 fully saturated rings. The van der Waals surface area contributed by atoms with Crippen LogP contribution in [0, 0.1) is 0 Å². The van der Waals surface area contributed by atoms with E-state index in [1.54, 1.807) is 0 Å². The summed E-state index contributed by atoms with van der Waals surface area (Å²) in [6.45, 7) is 4.23. The van der Waals surface area contributed by atoms with Gasteiger partial charge in [0.1, 0.15) is 0 Å². The van der Waals surface area contributed by atoms with Gasteiger partial charge < -0.3 is 0 Å². The summed E-state index contributed by atoms with van der Waals surface area (Å²) < 4.78 is 19.4.